The van der Waals surface area contributed by atoms with Gasteiger partial charge in [-0.25, -0.2) is 8.42 Å². The van der Waals surface area contributed by atoms with Crippen molar-refractivity contribution in [3.05, 3.63) is 54.1 Å². The van der Waals surface area contributed by atoms with Gasteiger partial charge in [-0.3, -0.25) is 4.79 Å². The number of ether oxygens (including phenoxy) is 1. The van der Waals surface area contributed by atoms with Gasteiger partial charge in [0.2, 0.25) is 10.0 Å². The van der Waals surface area contributed by atoms with E-state index in [1.165, 1.54) is 28.6 Å². The molecule has 0 radical (unpaired) electrons. The molecule has 2 aromatic rings. The predicted molar refractivity (Wildman–Crippen MR) is 99.9 cm³/mol. The SMILES string of the molecule is N#CCOc1cccc(NC(=O)c2ccc(S(=O)(=O)N3CCCC3)cc2)c1. The molecule has 1 N–H and O–H groups in total. The van der Waals surface area contributed by atoms with Crippen LogP contribution in [0.1, 0.15) is 23.2 Å². The summed E-state index contributed by atoms with van der Waals surface area (Å²) in [6.45, 7) is 0.994. The summed E-state index contributed by atoms with van der Waals surface area (Å²) in [6, 6.07) is 14.5. The lowest BCUT2D eigenvalue weighted by Crippen LogP contribution is -2.27. The molecule has 1 aliphatic rings. The van der Waals surface area contributed by atoms with Crippen LogP contribution in [-0.2, 0) is 10.0 Å². The zero-order chi connectivity index (χ0) is 19.3. The van der Waals surface area contributed by atoms with Gasteiger partial charge < -0.3 is 10.1 Å². The Kier molecular flexibility index (Phi) is 5.74. The van der Waals surface area contributed by atoms with Crippen LogP contribution >= 0.6 is 0 Å². The number of nitrogens with zero attached hydrogens (tertiary/aromatic N) is 2. The van der Waals surface area contributed by atoms with E-state index in [1.807, 2.05) is 6.07 Å². The molecule has 27 heavy (non-hydrogen) atoms. The highest BCUT2D eigenvalue weighted by molar-refractivity contribution is 7.89. The number of nitrogens with one attached hydrogen (secondary N) is 1. The highest BCUT2D eigenvalue weighted by Gasteiger charge is 2.27. The van der Waals surface area contributed by atoms with Gasteiger partial charge >= 0.3 is 0 Å². The predicted octanol–water partition coefficient (Wildman–Crippen LogP) is 2.63. The quantitative estimate of drug-likeness (QED) is 0.824. The van der Waals surface area contributed by atoms with Crippen molar-refractivity contribution >= 4 is 21.6 Å². The van der Waals surface area contributed by atoms with Crippen molar-refractivity contribution in [3.63, 3.8) is 0 Å². The number of benzene rings is 2. The number of carbonyl (C=O) groups is 1. The van der Waals surface area contributed by atoms with Crippen LogP contribution < -0.4 is 10.1 Å². The fraction of sp³-hybridized carbons (Fsp3) is 0.263. The van der Waals surface area contributed by atoms with Crippen LogP contribution in [-0.4, -0.2) is 38.3 Å². The van der Waals surface area contributed by atoms with Crippen molar-refractivity contribution in [2.75, 3.05) is 25.0 Å². The molecule has 7 nitrogen and oxygen atoms in total. The third kappa shape index (κ3) is 4.45. The van der Waals surface area contributed by atoms with Crippen LogP contribution in [0.15, 0.2) is 53.4 Å². The lowest BCUT2D eigenvalue weighted by Gasteiger charge is -2.15. The molecular formula is C19H19N3O4S. The molecule has 1 heterocycles. The van der Waals surface area contributed by atoms with Crippen molar-refractivity contribution in [2.45, 2.75) is 17.7 Å². The molecule has 0 aliphatic carbocycles. The van der Waals surface area contributed by atoms with E-state index in [2.05, 4.69) is 5.32 Å². The van der Waals surface area contributed by atoms with Crippen LogP contribution in [0.5, 0.6) is 5.75 Å². The van der Waals surface area contributed by atoms with Crippen LogP contribution in [0, 0.1) is 11.3 Å². The second-order valence-corrected chi connectivity index (χ2v) is 8.00. The Morgan fingerprint density at radius 3 is 2.52 bits per heavy atom. The highest BCUT2D eigenvalue weighted by Crippen LogP contribution is 2.22. The summed E-state index contributed by atoms with van der Waals surface area (Å²) in [5.74, 6) is 0.110. The lowest BCUT2D eigenvalue weighted by molar-refractivity contribution is 0.102. The number of nitriles is 1. The van der Waals surface area contributed by atoms with Gasteiger partial charge in [0.25, 0.3) is 5.91 Å². The largest absolute Gasteiger partial charge is 0.479 e. The van der Waals surface area contributed by atoms with Crippen LogP contribution in [0.25, 0.3) is 0 Å². The first kappa shape index (κ1) is 18.9. The normalized spacial score (nSPS) is 14.5. The zero-order valence-corrected chi connectivity index (χ0v) is 15.4. The molecule has 3 rings (SSSR count). The summed E-state index contributed by atoms with van der Waals surface area (Å²) < 4.78 is 31.7. The fourth-order valence-corrected chi connectivity index (χ4v) is 4.36. The average molecular weight is 385 g/mol. The second kappa shape index (κ2) is 8.20. The molecule has 0 aromatic heterocycles. The summed E-state index contributed by atoms with van der Waals surface area (Å²) in [5, 5.41) is 11.3. The van der Waals surface area contributed by atoms with Crippen LogP contribution in [0.3, 0.4) is 0 Å². The van der Waals surface area contributed by atoms with Gasteiger partial charge in [-0.05, 0) is 49.2 Å². The molecule has 0 atom stereocenters. The van der Waals surface area contributed by atoms with Gasteiger partial charge in [-0.2, -0.15) is 9.57 Å². The Bertz CT molecular complexity index is 959. The Morgan fingerprint density at radius 2 is 1.85 bits per heavy atom. The molecule has 1 amide bonds. The number of rotatable bonds is 6. The fourth-order valence-electron chi connectivity index (χ4n) is 2.84. The number of carbonyl (C=O) groups excluding carboxylic acids is 1. The van der Waals surface area contributed by atoms with Crippen molar-refractivity contribution in [1.82, 2.24) is 4.31 Å². The molecule has 140 valence electrons. The maximum Gasteiger partial charge on any atom is 0.255 e. The summed E-state index contributed by atoms with van der Waals surface area (Å²) in [7, 11) is -3.50. The topological polar surface area (TPSA) is 99.5 Å². The minimum Gasteiger partial charge on any atom is -0.479 e. The summed E-state index contributed by atoms with van der Waals surface area (Å²) in [5.41, 5.74) is 0.864. The van der Waals surface area contributed by atoms with Gasteiger partial charge in [0, 0.05) is 30.4 Å². The molecule has 0 spiro atoms. The van der Waals surface area contributed by atoms with Gasteiger partial charge in [-0.15, -0.1) is 0 Å². The van der Waals surface area contributed by atoms with Gasteiger partial charge in [-0.1, -0.05) is 6.07 Å². The van der Waals surface area contributed by atoms with E-state index >= 15 is 0 Å². The monoisotopic (exact) mass is 385 g/mol. The number of anilines is 1. The first-order valence-corrected chi connectivity index (χ1v) is 9.96. The van der Waals surface area contributed by atoms with E-state index in [-0.39, 0.29) is 17.4 Å². The summed E-state index contributed by atoms with van der Waals surface area (Å²) in [4.78, 5) is 12.6. The van der Waals surface area contributed by atoms with Gasteiger partial charge in [0.05, 0.1) is 4.90 Å². The van der Waals surface area contributed by atoms with Crippen LogP contribution in [0.4, 0.5) is 5.69 Å². The second-order valence-electron chi connectivity index (χ2n) is 6.06. The Labute approximate surface area is 158 Å². The van der Waals surface area contributed by atoms with Crippen molar-refractivity contribution in [3.8, 4) is 11.8 Å². The third-order valence-electron chi connectivity index (χ3n) is 4.21. The molecule has 0 bridgehead atoms. The molecule has 1 fully saturated rings. The molecule has 0 saturated carbocycles. The van der Waals surface area contributed by atoms with E-state index in [9.17, 15) is 13.2 Å². The average Bonchev–Trinajstić information content (AvgIpc) is 3.22. The summed E-state index contributed by atoms with van der Waals surface area (Å²) in [6.07, 6.45) is 1.74. The summed E-state index contributed by atoms with van der Waals surface area (Å²) >= 11 is 0. The molecule has 0 unspecified atom stereocenters. The number of hydrogen-bond donors (Lipinski definition) is 1. The Hall–Kier alpha value is -2.89. The first-order chi connectivity index (χ1) is 13.0. The maximum atomic E-state index is 12.5. The van der Waals surface area contributed by atoms with Crippen molar-refractivity contribution in [1.29, 1.82) is 5.26 Å². The maximum absolute atomic E-state index is 12.5. The zero-order valence-electron chi connectivity index (χ0n) is 14.6. The highest BCUT2D eigenvalue weighted by atomic mass is 32.2. The molecule has 2 aromatic carbocycles. The van der Waals surface area contributed by atoms with Crippen molar-refractivity contribution in [2.24, 2.45) is 0 Å². The first-order valence-electron chi connectivity index (χ1n) is 8.52. The minimum atomic E-state index is -3.50. The van der Waals surface area contributed by atoms with Gasteiger partial charge in [0.1, 0.15) is 11.8 Å². The van der Waals surface area contributed by atoms with Gasteiger partial charge in [0.15, 0.2) is 6.61 Å². The number of amides is 1. The van der Waals surface area contributed by atoms with E-state index in [0.717, 1.165) is 12.8 Å². The molecular weight excluding hydrogens is 366 g/mol. The van der Waals surface area contributed by atoms with Crippen LogP contribution in [0.2, 0.25) is 0 Å². The molecule has 1 aliphatic heterocycles. The standard InChI is InChI=1S/C19H19N3O4S/c20-10-13-26-17-5-3-4-16(14-17)21-19(23)15-6-8-18(9-7-15)27(24,25)22-11-1-2-12-22/h3-9,14H,1-2,11-13H2,(H,21,23). The van der Waals surface area contributed by atoms with E-state index in [4.69, 9.17) is 10.00 Å². The van der Waals surface area contributed by atoms with E-state index in [0.29, 0.717) is 30.1 Å². The number of hydrogen-bond acceptors (Lipinski definition) is 5. The third-order valence-corrected chi connectivity index (χ3v) is 6.13. The minimum absolute atomic E-state index is 0.0790. The number of sulfonamides is 1. The Balaban J connectivity index is 1.70. The van der Waals surface area contributed by atoms with E-state index in [1.54, 1.807) is 24.3 Å². The lowest BCUT2D eigenvalue weighted by atomic mass is 10.2. The van der Waals surface area contributed by atoms with Crippen molar-refractivity contribution < 1.29 is 17.9 Å². The molecule has 1 saturated heterocycles. The van der Waals surface area contributed by atoms with E-state index < -0.39 is 10.0 Å². The smallest absolute Gasteiger partial charge is 0.255 e. The molecule has 8 heteroatoms. The Morgan fingerprint density at radius 1 is 1.15 bits per heavy atom.